The quantitative estimate of drug-likeness (QED) is 0.0294. The highest BCUT2D eigenvalue weighted by atomic mass is 19.3. The van der Waals surface area contributed by atoms with Crippen LogP contribution in [0.15, 0.2) is 132 Å². The van der Waals surface area contributed by atoms with Gasteiger partial charge in [0.05, 0.1) is 75.2 Å². The topological polar surface area (TPSA) is 286 Å². The van der Waals surface area contributed by atoms with Crippen LogP contribution in [0.1, 0.15) is 141 Å². The van der Waals surface area contributed by atoms with E-state index in [0.717, 1.165) is 65.3 Å². The number of fused-ring (bicyclic) bond motifs is 2. The molecule has 102 heavy (non-hydrogen) atoms. The Morgan fingerprint density at radius 1 is 0.745 bits per heavy atom. The van der Waals surface area contributed by atoms with E-state index in [4.69, 9.17) is 32.8 Å². The van der Waals surface area contributed by atoms with E-state index in [0.29, 0.717) is 47.3 Å². The first-order valence-corrected chi connectivity index (χ1v) is 34.5. The molecule has 6 amide bonds. The number of carbonyl (C=O) groups is 7. The van der Waals surface area contributed by atoms with E-state index in [9.17, 15) is 37.5 Å². The van der Waals surface area contributed by atoms with Crippen LogP contribution in [0.2, 0.25) is 0 Å². The van der Waals surface area contributed by atoms with Crippen LogP contribution in [0, 0.1) is 23.2 Å². The van der Waals surface area contributed by atoms with Gasteiger partial charge in [0, 0.05) is 43.4 Å². The third-order valence-electron chi connectivity index (χ3n) is 17.9. The number of anilines is 2. The summed E-state index contributed by atoms with van der Waals surface area (Å²) in [6.07, 6.45) is 4.58. The number of carbonyl (C=O) groups excluding carboxylic acids is 7. The van der Waals surface area contributed by atoms with Crippen molar-refractivity contribution >= 4 is 53.1 Å². The SMILES string of the molecule is C[C@@H](C(=O)N[C@H](C(=O)C1Cc2cc(OCCOCCOCCOCCNC(=O)c3ccc(-n4cc(NC(=O)c5coc(-c6ccnc(N(CC7CC7)C(=O)OC(C)(C)C)c6)n5)c(C(F)F)n4)cc3)ccc2C[C@H]1C(=O)N[C@@H]1CCCc2ccccc21)C(C)(C)C)N(C)C(=O)OCc1ccccc1. The first kappa shape index (κ1) is 74.8. The summed E-state index contributed by atoms with van der Waals surface area (Å²) >= 11 is 0. The van der Waals surface area contributed by atoms with Gasteiger partial charge in [-0.25, -0.2) is 33.0 Å². The zero-order chi connectivity index (χ0) is 72.7. The molecule has 1 saturated carbocycles. The van der Waals surface area contributed by atoms with Crippen molar-refractivity contribution in [2.24, 2.45) is 23.2 Å². The number of aromatic nitrogens is 4. The second-order valence-electron chi connectivity index (χ2n) is 27.8. The Bertz CT molecular complexity index is 4060. The van der Waals surface area contributed by atoms with Gasteiger partial charge in [0.15, 0.2) is 17.2 Å². The normalized spacial score (nSPS) is 16.3. The van der Waals surface area contributed by atoms with Crippen LogP contribution in [0.3, 0.4) is 0 Å². The van der Waals surface area contributed by atoms with Crippen molar-refractivity contribution in [1.29, 1.82) is 0 Å². The zero-order valence-electron chi connectivity index (χ0n) is 58.8. The molecule has 3 aromatic heterocycles. The number of halogens is 2. The Labute approximate surface area is 591 Å². The molecule has 542 valence electrons. The van der Waals surface area contributed by atoms with Crippen molar-refractivity contribution < 1.29 is 75.2 Å². The molecule has 3 aliphatic rings. The van der Waals surface area contributed by atoms with Crippen LogP contribution < -0.4 is 30.9 Å². The molecular weight excluding hydrogens is 1310 g/mol. The van der Waals surface area contributed by atoms with Gasteiger partial charge in [-0.1, -0.05) is 81.4 Å². The Morgan fingerprint density at radius 3 is 2.15 bits per heavy atom. The molecule has 7 aromatic rings. The van der Waals surface area contributed by atoms with Crippen molar-refractivity contribution in [1.82, 2.24) is 40.6 Å². The number of oxazole rings is 1. The summed E-state index contributed by atoms with van der Waals surface area (Å²) in [5.41, 5.74) is 3.20. The molecule has 1 fully saturated rings. The lowest BCUT2D eigenvalue weighted by atomic mass is 9.69. The molecule has 0 saturated heterocycles. The number of hydrogen-bond acceptors (Lipinski definition) is 17. The maximum atomic E-state index is 15.2. The minimum Gasteiger partial charge on any atom is -0.491 e. The number of alkyl halides is 2. The summed E-state index contributed by atoms with van der Waals surface area (Å²) in [6.45, 7) is 14.9. The van der Waals surface area contributed by atoms with E-state index in [2.05, 4.69) is 42.4 Å². The van der Waals surface area contributed by atoms with Crippen LogP contribution in [-0.2, 0) is 63.9 Å². The number of likely N-dealkylation sites (N-methyl/N-ethyl adjacent to an activating group) is 1. The third-order valence-corrected chi connectivity index (χ3v) is 17.9. The van der Waals surface area contributed by atoms with Crippen LogP contribution in [0.5, 0.6) is 5.75 Å². The fourth-order valence-corrected chi connectivity index (χ4v) is 12.1. The smallest absolute Gasteiger partial charge is 0.416 e. The standard InChI is InChI=1S/C76H90F2N10O14/c1-47(86(8)73(94)101-45-49-15-10-9-11-16-49)68(90)84-66(75(2,3)4)65(89)58-41-54-39-56(28-25-52(54)40-59(58)70(92)81-60-20-14-18-50-17-12-13-19-57(50)60)99-38-37-98-36-35-97-34-33-96-32-31-80-69(91)51-23-26-55(27-24-51)88-44-61(64(85-88)67(77)78)82-71(93)62-46-100-72(83-62)53-29-30-79-63(42-53)87(43-48-21-22-48)74(95)102-76(5,6)7/h9-13,15-17,19,23-30,39,42,44,46-48,58-60,66-67H,14,18,20-22,31-38,40-41,43,45H2,1-8H3,(H,80,91)(H,81,92)(H,82,93)(H,84,90)/t47-,58?,59+,60+,66+/m0/s1. The zero-order valence-corrected chi connectivity index (χ0v) is 58.8. The number of ether oxygens (including phenoxy) is 6. The Kier molecular flexibility index (Phi) is 25.0. The highest BCUT2D eigenvalue weighted by molar-refractivity contribution is 6.03. The molecule has 4 aromatic carbocycles. The molecule has 3 heterocycles. The van der Waals surface area contributed by atoms with E-state index < -0.39 is 77.0 Å². The van der Waals surface area contributed by atoms with Gasteiger partial charge in [-0.2, -0.15) is 5.10 Å². The molecule has 0 radical (unpaired) electrons. The Morgan fingerprint density at radius 2 is 1.44 bits per heavy atom. The van der Waals surface area contributed by atoms with Crippen molar-refractivity contribution in [3.05, 3.63) is 173 Å². The second-order valence-corrected chi connectivity index (χ2v) is 27.8. The summed E-state index contributed by atoms with van der Waals surface area (Å²) in [4.78, 5) is 108. The average molecular weight is 1410 g/mol. The molecule has 4 N–H and O–H groups in total. The molecule has 0 aliphatic heterocycles. The molecule has 24 nitrogen and oxygen atoms in total. The van der Waals surface area contributed by atoms with Gasteiger partial charge >= 0.3 is 12.2 Å². The first-order valence-electron chi connectivity index (χ1n) is 34.5. The predicted octanol–water partition coefficient (Wildman–Crippen LogP) is 11.4. The number of nitrogens with one attached hydrogen (secondary N) is 4. The van der Waals surface area contributed by atoms with E-state index in [-0.39, 0.29) is 101 Å². The molecular formula is C76H90F2N10O14. The summed E-state index contributed by atoms with van der Waals surface area (Å²) in [6, 6.07) is 30.0. The van der Waals surface area contributed by atoms with Crippen molar-refractivity contribution in [2.75, 3.05) is 76.6 Å². The predicted molar refractivity (Wildman–Crippen MR) is 374 cm³/mol. The van der Waals surface area contributed by atoms with Crippen molar-refractivity contribution in [3.8, 4) is 22.9 Å². The summed E-state index contributed by atoms with van der Waals surface area (Å²) in [7, 11) is 1.48. The number of rotatable bonds is 31. The second kappa shape index (κ2) is 34.2. The van der Waals surface area contributed by atoms with E-state index in [1.54, 1.807) is 39.8 Å². The molecule has 5 atom stereocenters. The van der Waals surface area contributed by atoms with Crippen LogP contribution >= 0.6 is 0 Å². The monoisotopic (exact) mass is 1400 g/mol. The number of hydrogen-bond donors (Lipinski definition) is 4. The third kappa shape index (κ3) is 20.2. The average Bonchev–Trinajstić information content (AvgIpc) is 1.08. The van der Waals surface area contributed by atoms with Crippen molar-refractivity contribution in [3.63, 3.8) is 0 Å². The fourth-order valence-electron chi connectivity index (χ4n) is 12.1. The lowest BCUT2D eigenvalue weighted by molar-refractivity contribution is -0.139. The van der Waals surface area contributed by atoms with E-state index >= 15 is 4.79 Å². The maximum Gasteiger partial charge on any atom is 0.416 e. The number of Topliss-reactive ketones (excluding diaryl/α,β-unsaturated/α-hetero) is 1. The summed E-state index contributed by atoms with van der Waals surface area (Å²) < 4.78 is 69.8. The number of ketones is 1. The molecule has 10 rings (SSSR count). The highest BCUT2D eigenvalue weighted by Crippen LogP contribution is 2.39. The lowest BCUT2D eigenvalue weighted by Gasteiger charge is -2.39. The largest absolute Gasteiger partial charge is 0.491 e. The van der Waals surface area contributed by atoms with E-state index in [1.165, 1.54) is 59.1 Å². The molecule has 0 spiro atoms. The number of nitrogens with zero attached hydrogens (tertiary/aromatic N) is 6. The minimum absolute atomic E-state index is 0.0264. The minimum atomic E-state index is -3.06. The lowest BCUT2D eigenvalue weighted by Crippen LogP contribution is -2.58. The van der Waals surface area contributed by atoms with Crippen LogP contribution in [0.25, 0.3) is 17.1 Å². The number of aryl methyl sites for hydroxylation is 1. The Hall–Kier alpha value is -9.92. The number of amides is 6. The summed E-state index contributed by atoms with van der Waals surface area (Å²) in [5.74, 6) is -2.60. The van der Waals surface area contributed by atoms with E-state index in [1.807, 2.05) is 87.5 Å². The molecule has 3 aliphatic carbocycles. The van der Waals surface area contributed by atoms with Gasteiger partial charge in [0.1, 0.15) is 42.7 Å². The van der Waals surface area contributed by atoms with Crippen LogP contribution in [-0.4, -0.2) is 150 Å². The van der Waals surface area contributed by atoms with Crippen molar-refractivity contribution in [2.45, 2.75) is 130 Å². The number of benzene rings is 4. The highest BCUT2D eigenvalue weighted by Gasteiger charge is 2.46. The molecule has 1 unspecified atom stereocenters. The Balaban J connectivity index is 0.641. The maximum absolute atomic E-state index is 15.2. The van der Waals surface area contributed by atoms with Gasteiger partial charge in [0.2, 0.25) is 17.7 Å². The fraction of sp³-hybridized carbons (Fsp3) is 0.447. The van der Waals surface area contributed by atoms with Gasteiger partial charge in [0.25, 0.3) is 18.2 Å². The first-order chi connectivity index (χ1) is 48.9. The molecule has 26 heteroatoms. The number of pyridine rings is 1. The molecule has 0 bridgehead atoms. The van der Waals surface area contributed by atoms with Crippen LogP contribution in [0.4, 0.5) is 29.9 Å². The summed E-state index contributed by atoms with van der Waals surface area (Å²) in [5, 5.41) is 15.6. The van der Waals surface area contributed by atoms with Gasteiger partial charge in [-0.15, -0.1) is 0 Å². The van der Waals surface area contributed by atoms with Gasteiger partial charge < -0.3 is 54.1 Å². The van der Waals surface area contributed by atoms with Gasteiger partial charge in [-0.3, -0.25) is 33.8 Å². The van der Waals surface area contributed by atoms with Gasteiger partial charge in [-0.05, 0) is 160 Å².